The van der Waals surface area contributed by atoms with Crippen molar-refractivity contribution in [2.24, 2.45) is 0 Å². The molecule has 0 saturated heterocycles. The van der Waals surface area contributed by atoms with Gasteiger partial charge in [0, 0.05) is 13.1 Å². The third kappa shape index (κ3) is 6.77. The summed E-state index contributed by atoms with van der Waals surface area (Å²) in [5.74, 6) is -0.776. The van der Waals surface area contributed by atoms with Crippen molar-refractivity contribution < 1.29 is 18.0 Å². The van der Waals surface area contributed by atoms with E-state index in [0.29, 0.717) is 12.2 Å². The second-order valence-electron chi connectivity index (χ2n) is 9.17. The Morgan fingerprint density at radius 3 is 2.14 bits per heavy atom. The molecule has 3 aromatic carbocycles. The predicted molar refractivity (Wildman–Crippen MR) is 147 cm³/mol. The van der Waals surface area contributed by atoms with Crippen LogP contribution in [0.5, 0.6) is 0 Å². The largest absolute Gasteiger partial charge is 0.355 e. The summed E-state index contributed by atoms with van der Waals surface area (Å²) in [4.78, 5) is 28.1. The van der Waals surface area contributed by atoms with Gasteiger partial charge in [0.15, 0.2) is 0 Å². The molecule has 0 radical (unpaired) electrons. The van der Waals surface area contributed by atoms with E-state index in [9.17, 15) is 18.0 Å². The van der Waals surface area contributed by atoms with Gasteiger partial charge in [-0.1, -0.05) is 54.1 Å². The van der Waals surface area contributed by atoms with E-state index >= 15 is 0 Å². The maximum absolute atomic E-state index is 13.8. The van der Waals surface area contributed by atoms with Crippen LogP contribution in [-0.4, -0.2) is 44.3 Å². The van der Waals surface area contributed by atoms with E-state index < -0.39 is 28.5 Å². The monoisotopic (exact) mass is 521 g/mol. The van der Waals surface area contributed by atoms with E-state index in [1.54, 1.807) is 43.3 Å². The quantitative estimate of drug-likeness (QED) is 0.430. The Morgan fingerprint density at radius 2 is 1.54 bits per heavy atom. The van der Waals surface area contributed by atoms with Crippen LogP contribution in [0.15, 0.2) is 77.7 Å². The number of carbonyl (C=O) groups excluding carboxylic acids is 2. The van der Waals surface area contributed by atoms with Crippen LogP contribution < -0.4 is 9.62 Å². The molecule has 196 valence electrons. The van der Waals surface area contributed by atoms with Gasteiger partial charge in [-0.2, -0.15) is 0 Å². The van der Waals surface area contributed by atoms with Gasteiger partial charge in [0.05, 0.1) is 10.6 Å². The Morgan fingerprint density at radius 1 is 0.892 bits per heavy atom. The van der Waals surface area contributed by atoms with E-state index in [-0.39, 0.29) is 17.3 Å². The van der Waals surface area contributed by atoms with Crippen LogP contribution in [0.25, 0.3) is 0 Å². The van der Waals surface area contributed by atoms with Gasteiger partial charge in [0.2, 0.25) is 11.8 Å². The van der Waals surface area contributed by atoms with Crippen LogP contribution in [0.1, 0.15) is 36.1 Å². The third-order valence-corrected chi connectivity index (χ3v) is 8.17. The molecule has 0 fully saturated rings. The molecular weight excluding hydrogens is 486 g/mol. The van der Waals surface area contributed by atoms with Crippen LogP contribution in [-0.2, 0) is 26.2 Å². The van der Waals surface area contributed by atoms with Crippen molar-refractivity contribution in [2.75, 3.05) is 17.4 Å². The van der Waals surface area contributed by atoms with Gasteiger partial charge in [0.25, 0.3) is 10.0 Å². The molecule has 3 rings (SSSR count). The summed E-state index contributed by atoms with van der Waals surface area (Å²) < 4.78 is 28.8. The average molecular weight is 522 g/mol. The molecule has 0 aliphatic rings. The van der Waals surface area contributed by atoms with Gasteiger partial charge in [-0.15, -0.1) is 0 Å². The summed E-state index contributed by atoms with van der Waals surface area (Å²) in [6.07, 6.45) is 0. The van der Waals surface area contributed by atoms with Crippen molar-refractivity contribution in [1.82, 2.24) is 10.2 Å². The molecule has 1 atom stereocenters. The van der Waals surface area contributed by atoms with Crippen molar-refractivity contribution in [2.45, 2.75) is 52.1 Å². The van der Waals surface area contributed by atoms with Gasteiger partial charge in [-0.05, 0) is 75.6 Å². The fraction of sp³-hybridized carbons (Fsp3) is 0.310. The van der Waals surface area contributed by atoms with Gasteiger partial charge in [-0.3, -0.25) is 13.9 Å². The highest BCUT2D eigenvalue weighted by molar-refractivity contribution is 7.92. The summed E-state index contributed by atoms with van der Waals surface area (Å²) >= 11 is 0. The minimum absolute atomic E-state index is 0.0931. The van der Waals surface area contributed by atoms with Crippen molar-refractivity contribution in [3.05, 3.63) is 95.1 Å². The summed E-state index contributed by atoms with van der Waals surface area (Å²) in [5.41, 5.74) is 4.08. The first-order chi connectivity index (χ1) is 17.5. The first kappa shape index (κ1) is 27.9. The van der Waals surface area contributed by atoms with Crippen molar-refractivity contribution in [3.63, 3.8) is 0 Å². The third-order valence-electron chi connectivity index (χ3n) is 6.38. The summed E-state index contributed by atoms with van der Waals surface area (Å²) in [5, 5.41) is 2.76. The minimum Gasteiger partial charge on any atom is -0.355 e. The highest BCUT2D eigenvalue weighted by atomic mass is 32.2. The van der Waals surface area contributed by atoms with Crippen molar-refractivity contribution >= 4 is 27.5 Å². The Bertz CT molecular complexity index is 1340. The average Bonchev–Trinajstić information content (AvgIpc) is 2.88. The number of hydrogen-bond donors (Lipinski definition) is 1. The number of anilines is 1. The maximum atomic E-state index is 13.8. The lowest BCUT2D eigenvalue weighted by molar-refractivity contribution is -0.139. The first-order valence-corrected chi connectivity index (χ1v) is 13.8. The van der Waals surface area contributed by atoms with Crippen LogP contribution >= 0.6 is 0 Å². The number of nitrogens with one attached hydrogen (secondary N) is 1. The molecule has 0 heterocycles. The molecule has 1 N–H and O–H groups in total. The molecule has 7 nitrogen and oxygen atoms in total. The van der Waals surface area contributed by atoms with E-state index in [1.165, 1.54) is 4.90 Å². The summed E-state index contributed by atoms with van der Waals surface area (Å²) in [6.45, 7) is 9.33. The number of sulfonamides is 1. The molecule has 0 aliphatic heterocycles. The second kappa shape index (κ2) is 12.1. The number of nitrogens with zero attached hydrogens (tertiary/aromatic N) is 2. The molecule has 37 heavy (non-hydrogen) atoms. The number of likely N-dealkylation sites (N-methyl/N-ethyl adjacent to an activating group) is 1. The Balaban J connectivity index is 2.04. The highest BCUT2D eigenvalue weighted by Crippen LogP contribution is 2.26. The van der Waals surface area contributed by atoms with Crippen LogP contribution in [0, 0.1) is 20.8 Å². The molecule has 0 aliphatic carbocycles. The number of hydrogen-bond acceptors (Lipinski definition) is 4. The highest BCUT2D eigenvalue weighted by Gasteiger charge is 2.32. The van der Waals surface area contributed by atoms with Crippen LogP contribution in [0.2, 0.25) is 0 Å². The lowest BCUT2D eigenvalue weighted by Gasteiger charge is -2.32. The Hall–Kier alpha value is -3.65. The Labute approximate surface area is 220 Å². The Kier molecular flexibility index (Phi) is 9.10. The fourth-order valence-corrected chi connectivity index (χ4v) is 5.34. The molecule has 0 bridgehead atoms. The molecule has 1 unspecified atom stereocenters. The van der Waals surface area contributed by atoms with Crippen LogP contribution in [0.3, 0.4) is 0 Å². The van der Waals surface area contributed by atoms with E-state index in [1.807, 2.05) is 64.1 Å². The number of aryl methyl sites for hydroxylation is 3. The smallest absolute Gasteiger partial charge is 0.264 e. The van der Waals surface area contributed by atoms with E-state index in [2.05, 4.69) is 5.32 Å². The normalized spacial score (nSPS) is 12.0. The number of carbonyl (C=O) groups is 2. The first-order valence-electron chi connectivity index (χ1n) is 12.3. The number of rotatable bonds is 10. The molecular formula is C29H35N3O4S. The zero-order chi connectivity index (χ0) is 27.2. The van der Waals surface area contributed by atoms with Crippen molar-refractivity contribution in [1.29, 1.82) is 0 Å². The molecule has 0 spiro atoms. The summed E-state index contributed by atoms with van der Waals surface area (Å²) in [7, 11) is -4.07. The van der Waals surface area contributed by atoms with E-state index in [4.69, 9.17) is 0 Å². The maximum Gasteiger partial charge on any atom is 0.264 e. The van der Waals surface area contributed by atoms with Crippen molar-refractivity contribution in [3.8, 4) is 0 Å². The van der Waals surface area contributed by atoms with Gasteiger partial charge in [0.1, 0.15) is 12.6 Å². The van der Waals surface area contributed by atoms with Gasteiger partial charge in [-0.25, -0.2) is 8.42 Å². The standard InChI is InChI=1S/C29H35N3O4S/c1-6-30-29(34)24(5)31(19-25-10-8-7-9-11-25)28(33)20-32(26-15-14-22(3)23(4)18-26)37(35,36)27-16-12-21(2)13-17-27/h7-18,24H,6,19-20H2,1-5H3,(H,30,34). The van der Waals surface area contributed by atoms with Gasteiger partial charge >= 0.3 is 0 Å². The fourth-order valence-electron chi connectivity index (χ4n) is 3.93. The molecule has 0 aromatic heterocycles. The zero-order valence-electron chi connectivity index (χ0n) is 22.1. The zero-order valence-corrected chi connectivity index (χ0v) is 22.9. The topological polar surface area (TPSA) is 86.8 Å². The minimum atomic E-state index is -4.07. The van der Waals surface area contributed by atoms with E-state index in [0.717, 1.165) is 26.6 Å². The van der Waals surface area contributed by atoms with Gasteiger partial charge < -0.3 is 10.2 Å². The molecule has 8 heteroatoms. The SMILES string of the molecule is CCNC(=O)C(C)N(Cc1ccccc1)C(=O)CN(c1ccc(C)c(C)c1)S(=O)(=O)c1ccc(C)cc1. The molecule has 2 amide bonds. The molecule has 3 aromatic rings. The number of benzene rings is 3. The predicted octanol–water partition coefficient (Wildman–Crippen LogP) is 4.36. The molecule has 0 saturated carbocycles. The summed E-state index contributed by atoms with van der Waals surface area (Å²) in [6, 6.07) is 20.4. The lowest BCUT2D eigenvalue weighted by Crippen LogP contribution is -2.51. The van der Waals surface area contributed by atoms with Crippen LogP contribution in [0.4, 0.5) is 5.69 Å². The second-order valence-corrected chi connectivity index (χ2v) is 11.0. The lowest BCUT2D eigenvalue weighted by atomic mass is 10.1. The number of amides is 2.